The fourth-order valence-corrected chi connectivity index (χ4v) is 1.55. The van der Waals surface area contributed by atoms with E-state index in [1.165, 1.54) is 0 Å². The van der Waals surface area contributed by atoms with Gasteiger partial charge in [0, 0.05) is 17.1 Å². The smallest absolute Gasteiger partial charge is 0.213 e. The van der Waals surface area contributed by atoms with Crippen LogP contribution in [0.3, 0.4) is 0 Å². The van der Waals surface area contributed by atoms with Gasteiger partial charge in [-0.1, -0.05) is 12.1 Å². The lowest BCUT2D eigenvalue weighted by Crippen LogP contribution is -1.91. The molecule has 0 amide bonds. The molecule has 4 heteroatoms. The zero-order chi connectivity index (χ0) is 11.4. The summed E-state index contributed by atoms with van der Waals surface area (Å²) in [6.45, 7) is 0.353. The molecular formula is C12H8N4. The summed E-state index contributed by atoms with van der Waals surface area (Å²) in [7, 11) is 0. The van der Waals surface area contributed by atoms with E-state index < -0.39 is 0 Å². The van der Waals surface area contributed by atoms with Gasteiger partial charge in [-0.2, -0.15) is 10.5 Å². The van der Waals surface area contributed by atoms with Crippen LogP contribution in [0, 0.1) is 22.7 Å². The summed E-state index contributed by atoms with van der Waals surface area (Å²) in [5.41, 5.74) is 1.94. The van der Waals surface area contributed by atoms with Crippen LogP contribution in [0.4, 0.5) is 0 Å². The van der Waals surface area contributed by atoms with Crippen LogP contribution in [0.15, 0.2) is 35.5 Å². The van der Waals surface area contributed by atoms with Gasteiger partial charge in [0.2, 0.25) is 5.71 Å². The molecule has 0 saturated carbocycles. The van der Waals surface area contributed by atoms with Gasteiger partial charge in [0.25, 0.3) is 0 Å². The Bertz CT molecular complexity index is 606. The normalized spacial score (nSPS) is 9.38. The summed E-state index contributed by atoms with van der Waals surface area (Å²) in [5, 5.41) is 18.2. The van der Waals surface area contributed by atoms with Crippen molar-refractivity contribution in [2.75, 3.05) is 0 Å². The minimum absolute atomic E-state index is 0.0902. The van der Waals surface area contributed by atoms with Gasteiger partial charge >= 0.3 is 0 Å². The highest BCUT2D eigenvalue weighted by atomic mass is 14.7. The average molecular weight is 208 g/mol. The van der Waals surface area contributed by atoms with Crippen molar-refractivity contribution in [3.05, 3.63) is 36.0 Å². The lowest BCUT2D eigenvalue weighted by Gasteiger charge is -1.98. The molecule has 1 aromatic heterocycles. The molecule has 0 unspecified atom stereocenters. The maximum atomic E-state index is 8.57. The number of H-pyrrole nitrogens is 1. The SMILES string of the molecule is N#CC(C#N)=NCc1cccc2[nH]ccc12. The number of hydrogen-bond donors (Lipinski definition) is 1. The van der Waals surface area contributed by atoms with E-state index in [0.717, 1.165) is 16.5 Å². The standard InChI is InChI=1S/C12H8N4/c13-6-10(7-14)16-8-9-2-1-3-12-11(9)4-5-15-12/h1-5,15H,8H2. The Morgan fingerprint density at radius 1 is 1.25 bits per heavy atom. The number of aromatic nitrogens is 1. The van der Waals surface area contributed by atoms with Crippen molar-refractivity contribution < 1.29 is 0 Å². The fraction of sp³-hybridized carbons (Fsp3) is 0.0833. The summed E-state index contributed by atoms with van der Waals surface area (Å²) in [6.07, 6.45) is 1.85. The number of fused-ring (bicyclic) bond motifs is 1. The first-order valence-electron chi connectivity index (χ1n) is 4.75. The Morgan fingerprint density at radius 2 is 2.06 bits per heavy atom. The summed E-state index contributed by atoms with van der Waals surface area (Å²) >= 11 is 0. The van der Waals surface area contributed by atoms with Crippen LogP contribution in [-0.2, 0) is 6.54 Å². The summed E-state index contributed by atoms with van der Waals surface area (Å²) in [4.78, 5) is 7.04. The fourth-order valence-electron chi connectivity index (χ4n) is 1.55. The first-order chi connectivity index (χ1) is 7.85. The maximum Gasteiger partial charge on any atom is 0.213 e. The zero-order valence-corrected chi connectivity index (χ0v) is 8.44. The molecule has 2 aromatic rings. The highest BCUT2D eigenvalue weighted by Crippen LogP contribution is 2.17. The Labute approximate surface area is 92.5 Å². The predicted octanol–water partition coefficient (Wildman–Crippen LogP) is 2.16. The second-order valence-electron chi connectivity index (χ2n) is 3.24. The molecule has 0 aliphatic rings. The molecule has 0 fully saturated rings. The van der Waals surface area contributed by atoms with Crippen LogP contribution in [0.2, 0.25) is 0 Å². The number of nitrogens with zero attached hydrogens (tertiary/aromatic N) is 3. The van der Waals surface area contributed by atoms with E-state index in [9.17, 15) is 0 Å². The van der Waals surface area contributed by atoms with E-state index in [1.807, 2.05) is 30.5 Å². The molecule has 76 valence electrons. The summed E-state index contributed by atoms with van der Waals surface area (Å²) in [5.74, 6) is 0. The van der Waals surface area contributed by atoms with Gasteiger partial charge in [-0.25, -0.2) is 0 Å². The predicted molar refractivity (Wildman–Crippen MR) is 60.7 cm³/mol. The maximum absolute atomic E-state index is 8.57. The minimum atomic E-state index is -0.0902. The molecule has 1 aromatic carbocycles. The molecule has 1 heterocycles. The number of nitriles is 2. The first kappa shape index (κ1) is 9.95. The zero-order valence-electron chi connectivity index (χ0n) is 8.44. The van der Waals surface area contributed by atoms with Crippen molar-refractivity contribution in [3.8, 4) is 12.1 Å². The van der Waals surface area contributed by atoms with E-state index in [2.05, 4.69) is 9.98 Å². The molecule has 0 spiro atoms. The number of aliphatic imine (C=N–C) groups is 1. The Balaban J connectivity index is 2.36. The lowest BCUT2D eigenvalue weighted by atomic mass is 10.1. The van der Waals surface area contributed by atoms with Crippen LogP contribution < -0.4 is 0 Å². The third kappa shape index (κ3) is 1.77. The van der Waals surface area contributed by atoms with Gasteiger partial charge < -0.3 is 4.98 Å². The monoisotopic (exact) mass is 208 g/mol. The van der Waals surface area contributed by atoms with Crippen LogP contribution in [0.1, 0.15) is 5.56 Å². The van der Waals surface area contributed by atoms with Gasteiger partial charge in [0.05, 0.1) is 6.54 Å². The minimum Gasteiger partial charge on any atom is -0.361 e. The van der Waals surface area contributed by atoms with E-state index in [1.54, 1.807) is 12.1 Å². The largest absolute Gasteiger partial charge is 0.361 e. The Kier molecular flexibility index (Phi) is 2.67. The molecule has 2 rings (SSSR count). The molecule has 0 bridgehead atoms. The van der Waals surface area contributed by atoms with Gasteiger partial charge in [0.1, 0.15) is 12.1 Å². The van der Waals surface area contributed by atoms with Gasteiger partial charge in [-0.15, -0.1) is 0 Å². The molecule has 0 aliphatic heterocycles. The highest BCUT2D eigenvalue weighted by molar-refractivity contribution is 6.10. The third-order valence-corrected chi connectivity index (χ3v) is 2.30. The topological polar surface area (TPSA) is 75.7 Å². The Hall–Kier alpha value is -2.59. The molecule has 0 aliphatic carbocycles. The average Bonchev–Trinajstić information content (AvgIpc) is 2.79. The van der Waals surface area contributed by atoms with Crippen molar-refractivity contribution in [2.45, 2.75) is 6.54 Å². The quantitative estimate of drug-likeness (QED) is 0.767. The van der Waals surface area contributed by atoms with E-state index >= 15 is 0 Å². The second-order valence-corrected chi connectivity index (χ2v) is 3.24. The van der Waals surface area contributed by atoms with Crippen LogP contribution >= 0.6 is 0 Å². The highest BCUT2D eigenvalue weighted by Gasteiger charge is 2.01. The molecule has 4 nitrogen and oxygen atoms in total. The van der Waals surface area contributed by atoms with Crippen molar-refractivity contribution in [3.63, 3.8) is 0 Å². The van der Waals surface area contributed by atoms with Crippen LogP contribution in [-0.4, -0.2) is 10.7 Å². The van der Waals surface area contributed by atoms with Crippen LogP contribution in [0.5, 0.6) is 0 Å². The first-order valence-corrected chi connectivity index (χ1v) is 4.75. The van der Waals surface area contributed by atoms with Crippen LogP contribution in [0.25, 0.3) is 10.9 Å². The molecule has 16 heavy (non-hydrogen) atoms. The summed E-state index contributed by atoms with van der Waals surface area (Å²) in [6, 6.07) is 11.3. The van der Waals surface area contributed by atoms with E-state index in [4.69, 9.17) is 10.5 Å². The van der Waals surface area contributed by atoms with Gasteiger partial charge in [0.15, 0.2) is 0 Å². The number of rotatable bonds is 2. The molecular weight excluding hydrogens is 200 g/mol. The van der Waals surface area contributed by atoms with Gasteiger partial charge in [-0.3, -0.25) is 4.99 Å². The van der Waals surface area contributed by atoms with Gasteiger partial charge in [-0.05, 0) is 17.7 Å². The van der Waals surface area contributed by atoms with Crippen molar-refractivity contribution in [1.29, 1.82) is 10.5 Å². The van der Waals surface area contributed by atoms with Crippen molar-refractivity contribution in [1.82, 2.24) is 4.98 Å². The second kappa shape index (κ2) is 4.29. The van der Waals surface area contributed by atoms with Crippen molar-refractivity contribution >= 4 is 16.6 Å². The number of benzene rings is 1. The molecule has 0 atom stereocenters. The number of nitrogens with one attached hydrogen (secondary N) is 1. The third-order valence-electron chi connectivity index (χ3n) is 2.30. The van der Waals surface area contributed by atoms with E-state index in [-0.39, 0.29) is 5.71 Å². The lowest BCUT2D eigenvalue weighted by molar-refractivity contribution is 1.09. The Morgan fingerprint density at radius 3 is 2.81 bits per heavy atom. The van der Waals surface area contributed by atoms with E-state index in [0.29, 0.717) is 6.54 Å². The van der Waals surface area contributed by atoms with Crippen molar-refractivity contribution in [2.24, 2.45) is 4.99 Å². The number of hydrogen-bond acceptors (Lipinski definition) is 3. The molecule has 1 N–H and O–H groups in total. The molecule has 0 radical (unpaired) electrons. The molecule has 0 saturated heterocycles. The summed E-state index contributed by atoms with van der Waals surface area (Å²) < 4.78 is 0. The number of aromatic amines is 1.